The average molecular weight is 181 g/mol. The van der Waals surface area contributed by atoms with Gasteiger partial charge in [0.15, 0.2) is 0 Å². The Morgan fingerprint density at radius 1 is 1.46 bits per heavy atom. The van der Waals surface area contributed by atoms with Gasteiger partial charge in [0.2, 0.25) is 0 Å². The van der Waals surface area contributed by atoms with Crippen molar-refractivity contribution in [3.05, 3.63) is 11.6 Å². The molecule has 1 N–H and O–H groups in total. The average Bonchev–Trinajstić information content (AvgIpc) is 1.96. The number of allylic oxidation sites excluding steroid dienone is 1. The van der Waals surface area contributed by atoms with Crippen molar-refractivity contribution in [2.45, 2.75) is 40.0 Å². The van der Waals surface area contributed by atoms with Crippen LogP contribution in [0.4, 0.5) is 0 Å². The number of rotatable bonds is 5. The summed E-state index contributed by atoms with van der Waals surface area (Å²) in [6.07, 6.45) is 6.73. The van der Waals surface area contributed by atoms with E-state index < -0.39 is 0 Å². The van der Waals surface area contributed by atoms with Crippen LogP contribution in [0, 0.1) is 11.8 Å². The lowest BCUT2D eigenvalue weighted by molar-refractivity contribution is 0.385. The van der Waals surface area contributed by atoms with Crippen molar-refractivity contribution in [1.82, 2.24) is 5.32 Å². The van der Waals surface area contributed by atoms with E-state index in [0.29, 0.717) is 0 Å². The summed E-state index contributed by atoms with van der Waals surface area (Å²) in [4.78, 5) is 0. The molecule has 0 heterocycles. The molecule has 1 saturated carbocycles. The molecule has 0 atom stereocenters. The van der Waals surface area contributed by atoms with E-state index in [-0.39, 0.29) is 0 Å². The van der Waals surface area contributed by atoms with Gasteiger partial charge in [-0.2, -0.15) is 0 Å². The minimum Gasteiger partial charge on any atom is -0.313 e. The Balaban J connectivity index is 2.08. The van der Waals surface area contributed by atoms with Crippen LogP contribution in [-0.2, 0) is 0 Å². The van der Waals surface area contributed by atoms with E-state index in [2.05, 4.69) is 32.2 Å². The van der Waals surface area contributed by atoms with Gasteiger partial charge in [-0.25, -0.2) is 0 Å². The molecule has 1 heteroatoms. The van der Waals surface area contributed by atoms with Crippen LogP contribution < -0.4 is 5.32 Å². The molecule has 1 aliphatic rings. The van der Waals surface area contributed by atoms with E-state index in [1.807, 2.05) is 0 Å². The summed E-state index contributed by atoms with van der Waals surface area (Å²) in [5, 5.41) is 3.47. The SMILES string of the molecule is CC(=CC1CCC1)CNCC(C)C. The van der Waals surface area contributed by atoms with Crippen molar-refractivity contribution >= 4 is 0 Å². The Morgan fingerprint density at radius 2 is 2.15 bits per heavy atom. The fraction of sp³-hybridized carbons (Fsp3) is 0.833. The van der Waals surface area contributed by atoms with Gasteiger partial charge in [0.25, 0.3) is 0 Å². The van der Waals surface area contributed by atoms with Crippen molar-refractivity contribution in [1.29, 1.82) is 0 Å². The number of hydrogen-bond donors (Lipinski definition) is 1. The summed E-state index contributed by atoms with van der Waals surface area (Å²) >= 11 is 0. The van der Waals surface area contributed by atoms with Gasteiger partial charge >= 0.3 is 0 Å². The first-order valence-electron chi connectivity index (χ1n) is 5.56. The predicted molar refractivity (Wildman–Crippen MR) is 58.8 cm³/mol. The molecule has 1 nitrogen and oxygen atoms in total. The van der Waals surface area contributed by atoms with Crippen molar-refractivity contribution in [3.8, 4) is 0 Å². The second-order valence-corrected chi connectivity index (χ2v) is 4.73. The van der Waals surface area contributed by atoms with E-state index >= 15 is 0 Å². The highest BCUT2D eigenvalue weighted by Gasteiger charge is 2.14. The summed E-state index contributed by atoms with van der Waals surface area (Å²) in [6.45, 7) is 8.95. The third-order valence-electron chi connectivity index (χ3n) is 2.63. The van der Waals surface area contributed by atoms with Crippen LogP contribution in [0.2, 0.25) is 0 Å². The third-order valence-corrected chi connectivity index (χ3v) is 2.63. The third kappa shape index (κ3) is 4.47. The zero-order valence-electron chi connectivity index (χ0n) is 9.27. The number of nitrogens with one attached hydrogen (secondary N) is 1. The molecule has 0 unspecified atom stereocenters. The Kier molecular flexibility index (Phi) is 4.51. The molecule has 0 amide bonds. The molecule has 0 spiro atoms. The Morgan fingerprint density at radius 3 is 2.62 bits per heavy atom. The zero-order valence-corrected chi connectivity index (χ0v) is 9.27. The molecular weight excluding hydrogens is 158 g/mol. The van der Waals surface area contributed by atoms with Gasteiger partial charge in [-0.15, -0.1) is 0 Å². The summed E-state index contributed by atoms with van der Waals surface area (Å²) in [7, 11) is 0. The van der Waals surface area contributed by atoms with E-state index in [0.717, 1.165) is 24.9 Å². The largest absolute Gasteiger partial charge is 0.313 e. The molecule has 1 aliphatic carbocycles. The minimum absolute atomic E-state index is 0.761. The summed E-state index contributed by atoms with van der Waals surface area (Å²) in [5.41, 5.74) is 1.52. The van der Waals surface area contributed by atoms with Crippen molar-refractivity contribution < 1.29 is 0 Å². The molecule has 76 valence electrons. The molecule has 0 aromatic carbocycles. The van der Waals surface area contributed by atoms with Crippen molar-refractivity contribution in [2.24, 2.45) is 11.8 Å². The van der Waals surface area contributed by atoms with Crippen LogP contribution in [0.1, 0.15) is 40.0 Å². The summed E-state index contributed by atoms with van der Waals surface area (Å²) in [6, 6.07) is 0. The van der Waals surface area contributed by atoms with Crippen molar-refractivity contribution in [3.63, 3.8) is 0 Å². The standard InChI is InChI=1S/C12H23N/c1-10(2)8-13-9-11(3)7-12-5-4-6-12/h7,10,12-13H,4-6,8-9H2,1-3H3. The van der Waals surface area contributed by atoms with Crippen LogP contribution in [0.5, 0.6) is 0 Å². The lowest BCUT2D eigenvalue weighted by Gasteiger charge is -2.22. The first-order valence-corrected chi connectivity index (χ1v) is 5.56. The first-order chi connectivity index (χ1) is 6.18. The summed E-state index contributed by atoms with van der Waals surface area (Å²) < 4.78 is 0. The van der Waals surface area contributed by atoms with Gasteiger partial charge in [-0.3, -0.25) is 0 Å². The van der Waals surface area contributed by atoms with Crippen LogP contribution >= 0.6 is 0 Å². The molecular formula is C12H23N. The smallest absolute Gasteiger partial charge is 0.0162 e. The molecule has 1 rings (SSSR count). The van der Waals surface area contributed by atoms with Gasteiger partial charge in [0.1, 0.15) is 0 Å². The lowest BCUT2D eigenvalue weighted by Crippen LogP contribution is -2.22. The molecule has 1 fully saturated rings. The minimum atomic E-state index is 0.761. The lowest BCUT2D eigenvalue weighted by atomic mass is 9.84. The highest BCUT2D eigenvalue weighted by molar-refractivity contribution is 5.05. The maximum atomic E-state index is 3.47. The fourth-order valence-electron chi connectivity index (χ4n) is 1.63. The van der Waals surface area contributed by atoms with E-state index in [1.54, 1.807) is 0 Å². The monoisotopic (exact) mass is 181 g/mol. The highest BCUT2D eigenvalue weighted by Crippen LogP contribution is 2.28. The van der Waals surface area contributed by atoms with Gasteiger partial charge in [0, 0.05) is 6.54 Å². The number of hydrogen-bond acceptors (Lipinski definition) is 1. The van der Waals surface area contributed by atoms with E-state index in [9.17, 15) is 0 Å². The second-order valence-electron chi connectivity index (χ2n) is 4.73. The predicted octanol–water partition coefficient (Wildman–Crippen LogP) is 2.98. The highest BCUT2D eigenvalue weighted by atomic mass is 14.8. The molecule has 0 bridgehead atoms. The second kappa shape index (κ2) is 5.43. The molecule has 0 aliphatic heterocycles. The molecule has 0 aromatic rings. The van der Waals surface area contributed by atoms with Gasteiger partial charge in [-0.05, 0) is 38.1 Å². The Labute approximate surface area is 82.6 Å². The van der Waals surface area contributed by atoms with Gasteiger partial charge in [-0.1, -0.05) is 31.9 Å². The van der Waals surface area contributed by atoms with Crippen molar-refractivity contribution in [2.75, 3.05) is 13.1 Å². The Bertz CT molecular complexity index is 166. The van der Waals surface area contributed by atoms with Gasteiger partial charge in [0.05, 0.1) is 0 Å². The van der Waals surface area contributed by atoms with Gasteiger partial charge < -0.3 is 5.32 Å². The molecule has 0 radical (unpaired) electrons. The van der Waals surface area contributed by atoms with E-state index in [1.165, 1.54) is 24.8 Å². The topological polar surface area (TPSA) is 12.0 Å². The fourth-order valence-corrected chi connectivity index (χ4v) is 1.63. The van der Waals surface area contributed by atoms with Crippen LogP contribution in [0.15, 0.2) is 11.6 Å². The zero-order chi connectivity index (χ0) is 9.68. The maximum Gasteiger partial charge on any atom is 0.0162 e. The van der Waals surface area contributed by atoms with Crippen LogP contribution in [0.25, 0.3) is 0 Å². The summed E-state index contributed by atoms with van der Waals surface area (Å²) in [5.74, 6) is 1.66. The van der Waals surface area contributed by atoms with E-state index in [4.69, 9.17) is 0 Å². The Hall–Kier alpha value is -0.300. The normalized spacial score (nSPS) is 19.2. The molecule has 13 heavy (non-hydrogen) atoms. The quantitative estimate of drug-likeness (QED) is 0.643. The van der Waals surface area contributed by atoms with Crippen LogP contribution in [-0.4, -0.2) is 13.1 Å². The van der Waals surface area contributed by atoms with Crippen LogP contribution in [0.3, 0.4) is 0 Å². The molecule has 0 saturated heterocycles. The molecule has 0 aromatic heterocycles. The maximum absolute atomic E-state index is 3.47. The first kappa shape index (κ1) is 10.8.